The zero-order valence-electron chi connectivity index (χ0n) is 4.14. The van der Waals surface area contributed by atoms with Crippen molar-refractivity contribution in [1.82, 2.24) is 0 Å². The Hall–Kier alpha value is 0.880. The second-order valence-electron chi connectivity index (χ2n) is 1.60. The Bertz CT molecular complexity index is 68.4. The fraction of sp³-hybridized carbons (Fsp3) is 1.00. The molecule has 0 bridgehead atoms. The van der Waals surface area contributed by atoms with Crippen molar-refractivity contribution in [1.29, 1.82) is 0 Å². The van der Waals surface area contributed by atoms with Gasteiger partial charge in [-0.05, 0) is 0 Å². The van der Waals surface area contributed by atoms with E-state index in [9.17, 15) is 0 Å². The summed E-state index contributed by atoms with van der Waals surface area (Å²) in [6.07, 6.45) is 0. The van der Waals surface area contributed by atoms with Crippen LogP contribution in [0.3, 0.4) is 0 Å². The highest BCUT2D eigenvalue weighted by molar-refractivity contribution is 9.12. The molecule has 2 unspecified atom stereocenters. The summed E-state index contributed by atoms with van der Waals surface area (Å²) in [6.45, 7) is 1.24. The average molecular weight is 246 g/mol. The molecule has 1 saturated heterocycles. The summed E-state index contributed by atoms with van der Waals surface area (Å²) < 4.78 is 0. The molecule has 0 spiro atoms. The van der Waals surface area contributed by atoms with Crippen molar-refractivity contribution in [2.24, 2.45) is 0 Å². The third-order valence-electron chi connectivity index (χ3n) is 0.930. The van der Waals surface area contributed by atoms with Crippen LogP contribution in [0, 0.1) is 0 Å². The minimum absolute atomic E-state index is 0.385. The maximum Gasteiger partial charge on any atom is 0.0959 e. The fourth-order valence-electron chi connectivity index (χ4n) is 0.435. The predicted molar refractivity (Wildman–Crippen MR) is 37.3 cm³/mol. The van der Waals surface area contributed by atoms with Gasteiger partial charge in [-0.1, -0.05) is 31.9 Å². The van der Waals surface area contributed by atoms with Gasteiger partial charge in [0.05, 0.1) is 22.9 Å². The van der Waals surface area contributed by atoms with Crippen LogP contribution in [0.1, 0.15) is 0 Å². The molecule has 1 aliphatic rings. The molecule has 0 aromatic rings. The van der Waals surface area contributed by atoms with Gasteiger partial charge in [0.1, 0.15) is 0 Å². The first-order valence-corrected chi connectivity index (χ1v) is 4.16. The normalized spacial score (nSPS) is 39.8. The van der Waals surface area contributed by atoms with Crippen molar-refractivity contribution in [2.75, 3.05) is 13.2 Å². The molecule has 0 aromatic heterocycles. The molecule has 1 aliphatic heterocycles. The fourth-order valence-corrected chi connectivity index (χ4v) is 0.956. The largest absolute Gasteiger partial charge is 0.235 e. The molecule has 1 rings (SSSR count). The number of halogens is 2. The molecule has 0 aromatic carbocycles. The minimum atomic E-state index is 0.385. The van der Waals surface area contributed by atoms with Crippen LogP contribution in [0.25, 0.3) is 0 Å². The van der Waals surface area contributed by atoms with Gasteiger partial charge in [0.25, 0.3) is 0 Å². The third kappa shape index (κ3) is 1.69. The van der Waals surface area contributed by atoms with Gasteiger partial charge in [-0.15, -0.1) is 0 Å². The van der Waals surface area contributed by atoms with Gasteiger partial charge in [0.15, 0.2) is 0 Å². The van der Waals surface area contributed by atoms with E-state index in [1.807, 2.05) is 0 Å². The second kappa shape index (κ2) is 3.15. The zero-order valence-corrected chi connectivity index (χ0v) is 7.31. The van der Waals surface area contributed by atoms with E-state index >= 15 is 0 Å². The Balaban J connectivity index is 2.28. The van der Waals surface area contributed by atoms with Crippen molar-refractivity contribution < 1.29 is 9.78 Å². The number of hydrogen-bond acceptors (Lipinski definition) is 2. The average Bonchev–Trinajstić information content (AvgIpc) is 1.77. The van der Waals surface area contributed by atoms with E-state index in [-0.39, 0.29) is 0 Å². The predicted octanol–water partition coefficient (Wildman–Crippen LogP) is 1.48. The van der Waals surface area contributed by atoms with Crippen LogP contribution < -0.4 is 0 Å². The van der Waals surface area contributed by atoms with Gasteiger partial charge in [-0.25, -0.2) is 9.78 Å². The Labute approximate surface area is 64.7 Å². The van der Waals surface area contributed by atoms with E-state index in [0.717, 1.165) is 0 Å². The number of alkyl halides is 2. The van der Waals surface area contributed by atoms with Crippen molar-refractivity contribution >= 4 is 31.9 Å². The van der Waals surface area contributed by atoms with E-state index in [1.54, 1.807) is 0 Å². The molecule has 1 heterocycles. The van der Waals surface area contributed by atoms with Gasteiger partial charge >= 0.3 is 0 Å². The SMILES string of the molecule is BrC1COOCC1Br. The van der Waals surface area contributed by atoms with Crippen molar-refractivity contribution in [3.63, 3.8) is 0 Å². The van der Waals surface area contributed by atoms with E-state index in [2.05, 4.69) is 41.6 Å². The highest BCUT2D eigenvalue weighted by atomic mass is 79.9. The van der Waals surface area contributed by atoms with Gasteiger partial charge in [-0.2, -0.15) is 0 Å². The quantitative estimate of drug-likeness (QED) is 0.476. The summed E-state index contributed by atoms with van der Waals surface area (Å²) in [7, 11) is 0. The van der Waals surface area contributed by atoms with Crippen LogP contribution in [-0.2, 0) is 9.78 Å². The summed E-state index contributed by atoms with van der Waals surface area (Å²) in [5, 5.41) is 0. The molecule has 0 aliphatic carbocycles. The third-order valence-corrected chi connectivity index (χ3v) is 3.44. The molecule has 0 saturated carbocycles. The van der Waals surface area contributed by atoms with E-state index in [0.29, 0.717) is 22.9 Å². The van der Waals surface area contributed by atoms with Crippen LogP contribution in [-0.4, -0.2) is 22.9 Å². The molecule has 1 fully saturated rings. The molecule has 0 N–H and O–H groups in total. The van der Waals surface area contributed by atoms with Crippen LogP contribution in [0.4, 0.5) is 0 Å². The lowest BCUT2D eigenvalue weighted by Crippen LogP contribution is -2.30. The van der Waals surface area contributed by atoms with Crippen molar-refractivity contribution in [3.8, 4) is 0 Å². The molecular weight excluding hydrogens is 240 g/mol. The molecular formula is C4H6Br2O2. The summed E-state index contributed by atoms with van der Waals surface area (Å²) in [5.74, 6) is 0. The number of hydrogen-bond donors (Lipinski definition) is 0. The van der Waals surface area contributed by atoms with Crippen LogP contribution in [0.2, 0.25) is 0 Å². The first-order chi connectivity index (χ1) is 3.80. The maximum absolute atomic E-state index is 4.68. The van der Waals surface area contributed by atoms with Gasteiger partial charge < -0.3 is 0 Å². The van der Waals surface area contributed by atoms with Crippen molar-refractivity contribution in [2.45, 2.75) is 9.65 Å². The molecule has 8 heavy (non-hydrogen) atoms. The standard InChI is InChI=1S/C4H6Br2O2/c5-3-1-7-8-2-4(3)6/h3-4H,1-2H2. The Morgan fingerprint density at radius 3 is 1.62 bits per heavy atom. The molecule has 48 valence electrons. The highest BCUT2D eigenvalue weighted by Gasteiger charge is 2.21. The zero-order chi connectivity index (χ0) is 5.98. The summed E-state index contributed by atoms with van der Waals surface area (Å²) in [4.78, 5) is 10.1. The molecule has 0 amide bonds. The van der Waals surface area contributed by atoms with E-state index in [4.69, 9.17) is 0 Å². The first-order valence-electron chi connectivity index (χ1n) is 2.33. The topological polar surface area (TPSA) is 18.5 Å². The minimum Gasteiger partial charge on any atom is -0.235 e. The lowest BCUT2D eigenvalue weighted by Gasteiger charge is -2.20. The first kappa shape index (κ1) is 6.99. The van der Waals surface area contributed by atoms with Gasteiger partial charge in [-0.3, -0.25) is 0 Å². The maximum atomic E-state index is 4.68. The lowest BCUT2D eigenvalue weighted by molar-refractivity contribution is -0.308. The summed E-state index contributed by atoms with van der Waals surface area (Å²) >= 11 is 6.80. The van der Waals surface area contributed by atoms with E-state index in [1.165, 1.54) is 0 Å². The molecule has 0 radical (unpaired) electrons. The second-order valence-corrected chi connectivity index (χ2v) is 3.95. The van der Waals surface area contributed by atoms with Crippen LogP contribution in [0.5, 0.6) is 0 Å². The number of rotatable bonds is 0. The lowest BCUT2D eigenvalue weighted by atomic mass is 10.3. The van der Waals surface area contributed by atoms with Crippen LogP contribution >= 0.6 is 31.9 Å². The smallest absolute Gasteiger partial charge is 0.0959 e. The van der Waals surface area contributed by atoms with Crippen molar-refractivity contribution in [3.05, 3.63) is 0 Å². The van der Waals surface area contributed by atoms with E-state index < -0.39 is 0 Å². The monoisotopic (exact) mass is 244 g/mol. The molecule has 2 nitrogen and oxygen atoms in total. The van der Waals surface area contributed by atoms with Gasteiger partial charge in [0, 0.05) is 0 Å². The Morgan fingerprint density at radius 1 is 1.00 bits per heavy atom. The summed E-state index contributed by atoms with van der Waals surface area (Å²) in [6, 6.07) is 0. The highest BCUT2D eigenvalue weighted by Crippen LogP contribution is 2.18. The molecule has 4 heteroatoms. The molecule has 2 atom stereocenters. The Kier molecular flexibility index (Phi) is 2.75. The van der Waals surface area contributed by atoms with Crippen LogP contribution in [0.15, 0.2) is 0 Å². The van der Waals surface area contributed by atoms with Gasteiger partial charge in [0.2, 0.25) is 0 Å². The summed E-state index contributed by atoms with van der Waals surface area (Å²) in [5.41, 5.74) is 0. The Morgan fingerprint density at radius 2 is 1.38 bits per heavy atom.